The topological polar surface area (TPSA) is 67.6 Å². The SMILES string of the molecule is CN(CC(=O)Nc1ccc(N)cc1Br)CC1CCCOC1. The highest BCUT2D eigenvalue weighted by Crippen LogP contribution is 2.24. The number of amides is 1. The number of nitrogens with two attached hydrogens (primary N) is 1. The van der Waals surface area contributed by atoms with E-state index in [-0.39, 0.29) is 5.91 Å². The van der Waals surface area contributed by atoms with Crippen molar-refractivity contribution in [3.8, 4) is 0 Å². The smallest absolute Gasteiger partial charge is 0.238 e. The fraction of sp³-hybridized carbons (Fsp3) is 0.533. The van der Waals surface area contributed by atoms with Crippen LogP contribution in [0.15, 0.2) is 22.7 Å². The molecule has 2 rings (SSSR count). The lowest BCUT2D eigenvalue weighted by Crippen LogP contribution is -2.36. The van der Waals surface area contributed by atoms with Crippen molar-refractivity contribution >= 4 is 33.2 Å². The van der Waals surface area contributed by atoms with E-state index in [2.05, 4.69) is 21.2 Å². The molecule has 0 spiro atoms. The standard InChI is InChI=1S/C15H22BrN3O2/c1-19(8-11-3-2-6-21-10-11)9-15(20)18-14-5-4-12(17)7-13(14)16/h4-5,7,11H,2-3,6,8-10,17H2,1H3,(H,18,20). The lowest BCUT2D eigenvalue weighted by atomic mass is 10.0. The molecule has 1 aliphatic rings. The van der Waals surface area contributed by atoms with E-state index in [1.54, 1.807) is 18.2 Å². The van der Waals surface area contributed by atoms with E-state index in [0.717, 1.165) is 36.3 Å². The largest absolute Gasteiger partial charge is 0.399 e. The number of anilines is 2. The molecule has 1 amide bonds. The fourth-order valence-electron chi connectivity index (χ4n) is 2.52. The Hall–Kier alpha value is -1.11. The second-order valence-electron chi connectivity index (χ2n) is 5.57. The van der Waals surface area contributed by atoms with Gasteiger partial charge in [0.1, 0.15) is 0 Å². The van der Waals surface area contributed by atoms with Crippen LogP contribution >= 0.6 is 15.9 Å². The summed E-state index contributed by atoms with van der Waals surface area (Å²) in [7, 11) is 1.96. The van der Waals surface area contributed by atoms with Crippen molar-refractivity contribution in [3.05, 3.63) is 22.7 Å². The maximum absolute atomic E-state index is 12.1. The van der Waals surface area contributed by atoms with Gasteiger partial charge in [0.25, 0.3) is 0 Å². The summed E-state index contributed by atoms with van der Waals surface area (Å²) >= 11 is 3.40. The first kappa shape index (κ1) is 16.3. The monoisotopic (exact) mass is 355 g/mol. The van der Waals surface area contributed by atoms with Gasteiger partial charge in [0.2, 0.25) is 5.91 Å². The van der Waals surface area contributed by atoms with E-state index >= 15 is 0 Å². The van der Waals surface area contributed by atoms with Crippen LogP contribution in [0, 0.1) is 5.92 Å². The maximum atomic E-state index is 12.1. The van der Waals surface area contributed by atoms with E-state index in [4.69, 9.17) is 10.5 Å². The van der Waals surface area contributed by atoms with Gasteiger partial charge in [0.15, 0.2) is 0 Å². The number of ether oxygens (including phenoxy) is 1. The van der Waals surface area contributed by atoms with Crippen LogP contribution in [0.5, 0.6) is 0 Å². The van der Waals surface area contributed by atoms with Crippen molar-refractivity contribution in [1.82, 2.24) is 4.90 Å². The Morgan fingerprint density at radius 2 is 2.38 bits per heavy atom. The molecule has 5 nitrogen and oxygen atoms in total. The molecule has 1 aliphatic heterocycles. The van der Waals surface area contributed by atoms with Crippen LogP contribution in [0.4, 0.5) is 11.4 Å². The van der Waals surface area contributed by atoms with Gasteiger partial charge in [0.05, 0.1) is 18.8 Å². The third-order valence-electron chi connectivity index (χ3n) is 3.51. The molecule has 3 N–H and O–H groups in total. The van der Waals surface area contributed by atoms with Crippen molar-refractivity contribution < 1.29 is 9.53 Å². The van der Waals surface area contributed by atoms with Gasteiger partial charge in [-0.05, 0) is 59.9 Å². The third kappa shape index (κ3) is 5.30. The van der Waals surface area contributed by atoms with Crippen LogP contribution in [0.3, 0.4) is 0 Å². The van der Waals surface area contributed by atoms with Crippen molar-refractivity contribution in [3.63, 3.8) is 0 Å². The minimum atomic E-state index is -0.0281. The maximum Gasteiger partial charge on any atom is 0.238 e. The Kier molecular flexibility index (Phi) is 6.02. The van der Waals surface area contributed by atoms with E-state index in [1.165, 1.54) is 6.42 Å². The number of hydrogen-bond donors (Lipinski definition) is 2. The van der Waals surface area contributed by atoms with E-state index < -0.39 is 0 Å². The quantitative estimate of drug-likeness (QED) is 0.795. The molecule has 1 aromatic carbocycles. The highest BCUT2D eigenvalue weighted by atomic mass is 79.9. The van der Waals surface area contributed by atoms with E-state index in [0.29, 0.717) is 18.2 Å². The molecule has 0 aliphatic carbocycles. The van der Waals surface area contributed by atoms with Gasteiger partial charge in [-0.15, -0.1) is 0 Å². The first-order valence-corrected chi connectivity index (χ1v) is 7.95. The molecule has 21 heavy (non-hydrogen) atoms. The van der Waals surface area contributed by atoms with Gasteiger partial charge >= 0.3 is 0 Å². The summed E-state index contributed by atoms with van der Waals surface area (Å²) in [4.78, 5) is 14.1. The number of carbonyl (C=O) groups excluding carboxylic acids is 1. The third-order valence-corrected chi connectivity index (χ3v) is 4.16. The Labute approximate surface area is 134 Å². The number of hydrogen-bond acceptors (Lipinski definition) is 4. The minimum Gasteiger partial charge on any atom is -0.399 e. The van der Waals surface area contributed by atoms with Crippen LogP contribution in [-0.2, 0) is 9.53 Å². The number of nitrogens with zero attached hydrogens (tertiary/aromatic N) is 1. The summed E-state index contributed by atoms with van der Waals surface area (Å²) < 4.78 is 6.26. The molecule has 0 bridgehead atoms. The molecule has 0 saturated carbocycles. The molecule has 1 fully saturated rings. The predicted octanol–water partition coefficient (Wildman–Crippen LogP) is 2.33. The molecule has 116 valence electrons. The zero-order valence-electron chi connectivity index (χ0n) is 12.3. The summed E-state index contributed by atoms with van der Waals surface area (Å²) in [6, 6.07) is 5.34. The average Bonchev–Trinajstić information content (AvgIpc) is 2.43. The number of halogens is 1. The zero-order chi connectivity index (χ0) is 15.2. The first-order chi connectivity index (χ1) is 10.0. The lowest BCUT2D eigenvalue weighted by molar-refractivity contribution is -0.117. The van der Waals surface area contributed by atoms with Crippen molar-refractivity contribution in [2.75, 3.05) is 44.4 Å². The van der Waals surface area contributed by atoms with Crippen LogP contribution in [-0.4, -0.2) is 44.2 Å². The molecule has 1 heterocycles. The van der Waals surface area contributed by atoms with E-state index in [1.807, 2.05) is 11.9 Å². The van der Waals surface area contributed by atoms with Crippen LogP contribution in [0.1, 0.15) is 12.8 Å². The Morgan fingerprint density at radius 1 is 1.57 bits per heavy atom. The van der Waals surface area contributed by atoms with Crippen LogP contribution < -0.4 is 11.1 Å². The van der Waals surface area contributed by atoms with Crippen molar-refractivity contribution in [2.24, 2.45) is 5.92 Å². The van der Waals surface area contributed by atoms with Crippen molar-refractivity contribution in [1.29, 1.82) is 0 Å². The van der Waals surface area contributed by atoms with Gasteiger partial charge in [-0.25, -0.2) is 0 Å². The normalized spacial score (nSPS) is 18.7. The number of likely N-dealkylation sites (N-methyl/N-ethyl adjacent to an activating group) is 1. The number of nitrogen functional groups attached to an aromatic ring is 1. The highest BCUT2D eigenvalue weighted by Gasteiger charge is 2.17. The lowest BCUT2D eigenvalue weighted by Gasteiger charge is -2.26. The Morgan fingerprint density at radius 3 is 3.05 bits per heavy atom. The number of carbonyl (C=O) groups is 1. The number of rotatable bonds is 5. The van der Waals surface area contributed by atoms with Crippen molar-refractivity contribution in [2.45, 2.75) is 12.8 Å². The average molecular weight is 356 g/mol. The van der Waals surface area contributed by atoms with Gasteiger partial charge < -0.3 is 15.8 Å². The summed E-state index contributed by atoms with van der Waals surface area (Å²) in [6.45, 7) is 2.92. The summed E-state index contributed by atoms with van der Waals surface area (Å²) in [6.07, 6.45) is 2.29. The van der Waals surface area contributed by atoms with Gasteiger partial charge in [-0.1, -0.05) is 0 Å². The molecular weight excluding hydrogens is 334 g/mol. The molecule has 1 atom stereocenters. The number of benzene rings is 1. The molecule has 6 heteroatoms. The van der Waals surface area contributed by atoms with Gasteiger partial charge in [-0.3, -0.25) is 9.69 Å². The van der Waals surface area contributed by atoms with Crippen LogP contribution in [0.25, 0.3) is 0 Å². The van der Waals surface area contributed by atoms with Gasteiger partial charge in [-0.2, -0.15) is 0 Å². The summed E-state index contributed by atoms with van der Waals surface area (Å²) in [5.41, 5.74) is 7.08. The summed E-state index contributed by atoms with van der Waals surface area (Å²) in [5.74, 6) is 0.500. The fourth-order valence-corrected chi connectivity index (χ4v) is 3.02. The number of nitrogens with one attached hydrogen (secondary N) is 1. The van der Waals surface area contributed by atoms with Crippen LogP contribution in [0.2, 0.25) is 0 Å². The van der Waals surface area contributed by atoms with Gasteiger partial charge in [0, 0.05) is 23.3 Å². The highest BCUT2D eigenvalue weighted by molar-refractivity contribution is 9.10. The molecule has 1 saturated heterocycles. The second kappa shape index (κ2) is 7.77. The zero-order valence-corrected chi connectivity index (χ0v) is 13.9. The molecule has 1 aromatic rings. The predicted molar refractivity (Wildman–Crippen MR) is 88.2 cm³/mol. The minimum absolute atomic E-state index is 0.0281. The first-order valence-electron chi connectivity index (χ1n) is 7.16. The molecule has 0 radical (unpaired) electrons. The van der Waals surface area contributed by atoms with E-state index in [9.17, 15) is 4.79 Å². The summed E-state index contributed by atoms with van der Waals surface area (Å²) in [5, 5.41) is 2.89. The molecule has 0 aromatic heterocycles. The Balaban J connectivity index is 1.80. The Bertz CT molecular complexity index is 490. The molecular formula is C15H22BrN3O2. The molecule has 1 unspecified atom stereocenters. The second-order valence-corrected chi connectivity index (χ2v) is 6.42.